The van der Waals surface area contributed by atoms with E-state index in [2.05, 4.69) is 25.7 Å². The molecule has 1 heterocycles. The highest BCUT2D eigenvalue weighted by Gasteiger charge is 2.40. The number of likely N-dealkylation sites (N-methyl/N-ethyl adjacent to an activating group) is 1. The van der Waals surface area contributed by atoms with Crippen LogP contribution in [-0.4, -0.2) is 50.0 Å². The van der Waals surface area contributed by atoms with Gasteiger partial charge in [0.25, 0.3) is 0 Å². The average molecular weight is 276 g/mol. The molecular weight excluding hydrogens is 248 g/mol. The summed E-state index contributed by atoms with van der Waals surface area (Å²) in [6, 6.07) is 0. The lowest BCUT2D eigenvalue weighted by Crippen LogP contribution is -2.58. The molecule has 0 bridgehead atoms. The van der Waals surface area contributed by atoms with Crippen LogP contribution in [0.4, 0.5) is 0 Å². The van der Waals surface area contributed by atoms with E-state index in [1.807, 2.05) is 0 Å². The summed E-state index contributed by atoms with van der Waals surface area (Å²) >= 11 is 0. The second-order valence-corrected chi connectivity index (χ2v) is 7.94. The standard InChI is InChI=1S/C13H28N2O2S/c1-4-12(3)10-15(5-2)13(11-14)6-8-18(16,17)9-7-13/h12H,4-11,14H2,1-3H3. The van der Waals surface area contributed by atoms with Crippen molar-refractivity contribution >= 4 is 9.84 Å². The molecule has 0 aromatic heterocycles. The summed E-state index contributed by atoms with van der Waals surface area (Å²) in [6.07, 6.45) is 2.53. The Bertz CT molecular complexity index is 340. The molecule has 1 atom stereocenters. The minimum absolute atomic E-state index is 0.0938. The molecule has 4 nitrogen and oxygen atoms in total. The van der Waals surface area contributed by atoms with E-state index >= 15 is 0 Å². The fraction of sp³-hybridized carbons (Fsp3) is 1.00. The number of nitrogens with two attached hydrogens (primary N) is 1. The van der Waals surface area contributed by atoms with E-state index < -0.39 is 9.84 Å². The first-order valence-corrected chi connectivity index (χ1v) is 8.87. The van der Waals surface area contributed by atoms with Gasteiger partial charge in [0, 0.05) is 18.6 Å². The van der Waals surface area contributed by atoms with Crippen LogP contribution in [0, 0.1) is 5.92 Å². The van der Waals surface area contributed by atoms with Crippen molar-refractivity contribution in [3.63, 3.8) is 0 Å². The van der Waals surface area contributed by atoms with Gasteiger partial charge in [-0.05, 0) is 25.3 Å². The van der Waals surface area contributed by atoms with Crippen LogP contribution in [-0.2, 0) is 9.84 Å². The van der Waals surface area contributed by atoms with Crippen LogP contribution in [0.15, 0.2) is 0 Å². The lowest BCUT2D eigenvalue weighted by atomic mass is 9.88. The van der Waals surface area contributed by atoms with Crippen LogP contribution >= 0.6 is 0 Å². The predicted octanol–water partition coefficient (Wildman–Crippen LogP) is 1.26. The molecule has 1 aliphatic rings. The molecule has 108 valence electrons. The molecule has 0 aromatic carbocycles. The molecule has 5 heteroatoms. The second-order valence-electron chi connectivity index (χ2n) is 5.63. The van der Waals surface area contributed by atoms with E-state index in [0.717, 1.165) is 19.5 Å². The van der Waals surface area contributed by atoms with Crippen molar-refractivity contribution in [2.75, 3.05) is 31.1 Å². The van der Waals surface area contributed by atoms with Gasteiger partial charge in [-0.25, -0.2) is 8.42 Å². The molecule has 0 radical (unpaired) electrons. The molecule has 0 aromatic rings. The lowest BCUT2D eigenvalue weighted by Gasteiger charge is -2.46. The van der Waals surface area contributed by atoms with Crippen LogP contribution in [0.3, 0.4) is 0 Å². The van der Waals surface area contributed by atoms with E-state index in [-0.39, 0.29) is 5.54 Å². The normalized spacial score (nSPS) is 24.1. The SMILES string of the molecule is CCC(C)CN(CC)C1(CN)CCS(=O)(=O)CC1. The first-order valence-electron chi connectivity index (χ1n) is 7.04. The molecule has 18 heavy (non-hydrogen) atoms. The molecular formula is C13H28N2O2S. The highest BCUT2D eigenvalue weighted by atomic mass is 32.2. The van der Waals surface area contributed by atoms with Crippen LogP contribution in [0.2, 0.25) is 0 Å². The Labute approximate surface area is 112 Å². The third-order valence-corrected chi connectivity index (χ3v) is 6.07. The van der Waals surface area contributed by atoms with Crippen molar-refractivity contribution in [1.29, 1.82) is 0 Å². The summed E-state index contributed by atoms with van der Waals surface area (Å²) < 4.78 is 23.2. The maximum absolute atomic E-state index is 11.6. The zero-order valence-electron chi connectivity index (χ0n) is 12.0. The Hall–Kier alpha value is -0.130. The first-order chi connectivity index (χ1) is 8.39. The van der Waals surface area contributed by atoms with Crippen LogP contribution in [0.5, 0.6) is 0 Å². The third kappa shape index (κ3) is 3.68. The maximum Gasteiger partial charge on any atom is 0.150 e. The Morgan fingerprint density at radius 1 is 1.28 bits per heavy atom. The van der Waals surface area contributed by atoms with Gasteiger partial charge in [-0.2, -0.15) is 0 Å². The Morgan fingerprint density at radius 3 is 2.22 bits per heavy atom. The smallest absolute Gasteiger partial charge is 0.150 e. The zero-order valence-corrected chi connectivity index (χ0v) is 12.8. The summed E-state index contributed by atoms with van der Waals surface area (Å²) in [4.78, 5) is 2.41. The van der Waals surface area contributed by atoms with Gasteiger partial charge >= 0.3 is 0 Å². The van der Waals surface area contributed by atoms with Crippen LogP contribution in [0.1, 0.15) is 40.0 Å². The molecule has 0 aliphatic carbocycles. The topological polar surface area (TPSA) is 63.4 Å². The summed E-state index contributed by atoms with van der Waals surface area (Å²) in [5.74, 6) is 1.22. The monoisotopic (exact) mass is 276 g/mol. The van der Waals surface area contributed by atoms with E-state index in [1.165, 1.54) is 0 Å². The molecule has 1 fully saturated rings. The second kappa shape index (κ2) is 6.35. The van der Waals surface area contributed by atoms with Gasteiger partial charge in [-0.15, -0.1) is 0 Å². The fourth-order valence-corrected chi connectivity index (χ4v) is 4.32. The van der Waals surface area contributed by atoms with Gasteiger partial charge in [0.15, 0.2) is 0 Å². The van der Waals surface area contributed by atoms with Crippen molar-refractivity contribution in [2.24, 2.45) is 11.7 Å². The van der Waals surface area contributed by atoms with E-state index in [1.54, 1.807) is 0 Å². The first kappa shape index (κ1) is 15.9. The van der Waals surface area contributed by atoms with Crippen molar-refractivity contribution < 1.29 is 8.42 Å². The van der Waals surface area contributed by atoms with Crippen molar-refractivity contribution in [1.82, 2.24) is 4.90 Å². The molecule has 0 amide bonds. The van der Waals surface area contributed by atoms with Gasteiger partial charge in [0.05, 0.1) is 11.5 Å². The highest BCUT2D eigenvalue weighted by molar-refractivity contribution is 7.91. The van der Waals surface area contributed by atoms with E-state index in [0.29, 0.717) is 36.8 Å². The summed E-state index contributed by atoms with van der Waals surface area (Å²) in [5, 5.41) is 0. The van der Waals surface area contributed by atoms with E-state index in [4.69, 9.17) is 5.73 Å². The van der Waals surface area contributed by atoms with Gasteiger partial charge in [0.1, 0.15) is 9.84 Å². The molecule has 2 N–H and O–H groups in total. The van der Waals surface area contributed by atoms with Gasteiger partial charge in [-0.1, -0.05) is 27.2 Å². The molecule has 1 saturated heterocycles. The number of hydrogen-bond donors (Lipinski definition) is 1. The summed E-state index contributed by atoms with van der Waals surface area (Å²) in [7, 11) is -2.82. The largest absolute Gasteiger partial charge is 0.329 e. The predicted molar refractivity (Wildman–Crippen MR) is 76.4 cm³/mol. The molecule has 1 rings (SSSR count). The highest BCUT2D eigenvalue weighted by Crippen LogP contribution is 2.30. The van der Waals surface area contributed by atoms with Crippen molar-refractivity contribution in [2.45, 2.75) is 45.6 Å². The molecule has 1 unspecified atom stereocenters. The van der Waals surface area contributed by atoms with Gasteiger partial charge in [0.2, 0.25) is 0 Å². The minimum Gasteiger partial charge on any atom is -0.329 e. The molecule has 1 aliphatic heterocycles. The summed E-state index contributed by atoms with van der Waals surface area (Å²) in [6.45, 7) is 9.10. The van der Waals surface area contributed by atoms with Crippen LogP contribution in [0.25, 0.3) is 0 Å². The zero-order chi connectivity index (χ0) is 13.8. The van der Waals surface area contributed by atoms with Crippen molar-refractivity contribution in [3.05, 3.63) is 0 Å². The quantitative estimate of drug-likeness (QED) is 0.793. The Morgan fingerprint density at radius 2 is 1.83 bits per heavy atom. The van der Waals surface area contributed by atoms with Crippen molar-refractivity contribution in [3.8, 4) is 0 Å². The number of sulfone groups is 1. The average Bonchev–Trinajstić information content (AvgIpc) is 2.36. The van der Waals surface area contributed by atoms with Crippen LogP contribution < -0.4 is 5.73 Å². The fourth-order valence-electron chi connectivity index (χ4n) is 2.73. The number of rotatable bonds is 6. The third-order valence-electron chi connectivity index (χ3n) is 4.42. The minimum atomic E-state index is -2.82. The number of hydrogen-bond acceptors (Lipinski definition) is 4. The Kier molecular flexibility index (Phi) is 5.62. The lowest BCUT2D eigenvalue weighted by molar-refractivity contribution is 0.0730. The maximum atomic E-state index is 11.6. The molecule has 0 saturated carbocycles. The van der Waals surface area contributed by atoms with Gasteiger partial charge in [-0.3, -0.25) is 4.90 Å². The number of nitrogens with zero attached hydrogens (tertiary/aromatic N) is 1. The molecule has 0 spiro atoms. The van der Waals surface area contributed by atoms with E-state index in [9.17, 15) is 8.42 Å². The Balaban J connectivity index is 2.79. The van der Waals surface area contributed by atoms with Gasteiger partial charge < -0.3 is 5.73 Å². The summed E-state index contributed by atoms with van der Waals surface area (Å²) in [5.41, 5.74) is 5.89.